The lowest BCUT2D eigenvalue weighted by Crippen LogP contribution is -2.15. The summed E-state index contributed by atoms with van der Waals surface area (Å²) in [5, 5.41) is 11.2. The van der Waals surface area contributed by atoms with Crippen molar-refractivity contribution in [3.63, 3.8) is 0 Å². The van der Waals surface area contributed by atoms with Crippen molar-refractivity contribution in [3.8, 4) is 0 Å². The molecule has 0 spiro atoms. The van der Waals surface area contributed by atoms with Crippen molar-refractivity contribution in [2.75, 3.05) is 16.8 Å². The molecular weight excluding hydrogens is 341 g/mol. The van der Waals surface area contributed by atoms with Crippen molar-refractivity contribution in [3.05, 3.63) is 21.8 Å². The Bertz CT molecular complexity index is 649. The number of aromatic nitrogens is 3. The summed E-state index contributed by atoms with van der Waals surface area (Å²) in [6.45, 7) is 1.73. The number of hydrogen-bond acceptors (Lipinski definition) is 7. The molecule has 106 valence electrons. The number of halogens is 2. The van der Waals surface area contributed by atoms with Gasteiger partial charge in [-0.05, 0) is 13.0 Å². The zero-order valence-corrected chi connectivity index (χ0v) is 13.3. The van der Waals surface area contributed by atoms with Gasteiger partial charge in [0.1, 0.15) is 0 Å². The lowest BCUT2D eigenvalue weighted by Gasteiger charge is -2.07. The maximum absolute atomic E-state index is 11.8. The number of carbonyl (C=O) groups is 1. The van der Waals surface area contributed by atoms with Gasteiger partial charge in [0.15, 0.2) is 10.2 Å². The van der Waals surface area contributed by atoms with Crippen LogP contribution in [0.4, 0.5) is 10.9 Å². The average molecular weight is 350 g/mol. The maximum Gasteiger partial charge on any atom is 0.236 e. The molecule has 1 amide bonds. The van der Waals surface area contributed by atoms with Gasteiger partial charge in [0, 0.05) is 0 Å². The first kappa shape index (κ1) is 15.3. The van der Waals surface area contributed by atoms with E-state index in [4.69, 9.17) is 28.9 Å². The Morgan fingerprint density at radius 3 is 2.85 bits per heavy atom. The van der Waals surface area contributed by atoms with Crippen LogP contribution in [0.1, 0.15) is 5.69 Å². The number of pyridine rings is 1. The number of hydrogen-bond donors (Lipinski definition) is 2. The largest absolute Gasteiger partial charge is 0.374 e. The van der Waals surface area contributed by atoms with Crippen LogP contribution in [-0.2, 0) is 4.79 Å². The predicted octanol–water partition coefficient (Wildman–Crippen LogP) is 2.86. The Kier molecular flexibility index (Phi) is 5.03. The second-order valence-electron chi connectivity index (χ2n) is 3.63. The summed E-state index contributed by atoms with van der Waals surface area (Å²) >= 11 is 14.3. The second-order valence-corrected chi connectivity index (χ2v) is 6.68. The molecule has 20 heavy (non-hydrogen) atoms. The number of rotatable bonds is 4. The van der Waals surface area contributed by atoms with Gasteiger partial charge in [-0.15, -0.1) is 10.2 Å². The Morgan fingerprint density at radius 1 is 1.45 bits per heavy atom. The van der Waals surface area contributed by atoms with E-state index >= 15 is 0 Å². The molecule has 0 aromatic carbocycles. The predicted molar refractivity (Wildman–Crippen MR) is 82.7 cm³/mol. The summed E-state index contributed by atoms with van der Waals surface area (Å²) in [6, 6.07) is 1.54. The highest BCUT2D eigenvalue weighted by Crippen LogP contribution is 2.27. The Morgan fingerprint density at radius 2 is 2.20 bits per heavy atom. The molecule has 2 aromatic rings. The molecule has 2 rings (SSSR count). The van der Waals surface area contributed by atoms with Crippen LogP contribution in [0.5, 0.6) is 0 Å². The van der Waals surface area contributed by atoms with Crippen molar-refractivity contribution in [1.82, 2.24) is 15.2 Å². The fourth-order valence-corrected chi connectivity index (χ4v) is 3.06. The van der Waals surface area contributed by atoms with E-state index in [1.165, 1.54) is 23.1 Å². The SMILES string of the molecule is Cc1nc(NC(=O)CSc2nnc(N)s2)c(Cl)cc1Cl. The number of nitrogens with two attached hydrogens (primary N) is 1. The zero-order chi connectivity index (χ0) is 14.7. The molecule has 3 N–H and O–H groups in total. The van der Waals surface area contributed by atoms with Gasteiger partial charge in [-0.1, -0.05) is 46.3 Å². The van der Waals surface area contributed by atoms with Gasteiger partial charge in [-0.2, -0.15) is 0 Å². The van der Waals surface area contributed by atoms with Crippen LogP contribution in [-0.4, -0.2) is 26.8 Å². The van der Waals surface area contributed by atoms with Gasteiger partial charge < -0.3 is 11.1 Å². The minimum Gasteiger partial charge on any atom is -0.374 e. The third-order valence-electron chi connectivity index (χ3n) is 2.11. The molecule has 2 heterocycles. The van der Waals surface area contributed by atoms with Gasteiger partial charge in [0.2, 0.25) is 11.0 Å². The van der Waals surface area contributed by atoms with Crippen molar-refractivity contribution >= 4 is 63.2 Å². The quantitative estimate of drug-likeness (QED) is 0.824. The van der Waals surface area contributed by atoms with E-state index in [2.05, 4.69) is 20.5 Å². The molecule has 0 radical (unpaired) electrons. The number of nitrogen functional groups attached to an aromatic ring is 1. The van der Waals surface area contributed by atoms with E-state index in [9.17, 15) is 4.79 Å². The molecule has 0 saturated heterocycles. The highest BCUT2D eigenvalue weighted by Gasteiger charge is 2.11. The zero-order valence-electron chi connectivity index (χ0n) is 10.2. The van der Waals surface area contributed by atoms with Gasteiger partial charge in [-0.3, -0.25) is 4.79 Å². The first-order valence-electron chi connectivity index (χ1n) is 5.30. The van der Waals surface area contributed by atoms with Crippen LogP contribution in [0.3, 0.4) is 0 Å². The van der Waals surface area contributed by atoms with E-state index in [1.54, 1.807) is 13.0 Å². The first-order chi connectivity index (χ1) is 9.45. The lowest BCUT2D eigenvalue weighted by molar-refractivity contribution is -0.113. The molecule has 0 aliphatic heterocycles. The number of amides is 1. The second kappa shape index (κ2) is 6.57. The Labute approximate surface area is 133 Å². The maximum atomic E-state index is 11.8. The number of carbonyl (C=O) groups excluding carboxylic acids is 1. The van der Waals surface area contributed by atoms with Crippen molar-refractivity contribution in [1.29, 1.82) is 0 Å². The minimum atomic E-state index is -0.250. The van der Waals surface area contributed by atoms with Gasteiger partial charge >= 0.3 is 0 Å². The summed E-state index contributed by atoms with van der Waals surface area (Å²) < 4.78 is 0.629. The summed E-state index contributed by atoms with van der Waals surface area (Å²) in [6.07, 6.45) is 0. The molecule has 2 aromatic heterocycles. The van der Waals surface area contributed by atoms with Crippen LogP contribution in [0.15, 0.2) is 10.4 Å². The van der Waals surface area contributed by atoms with Crippen molar-refractivity contribution in [2.24, 2.45) is 0 Å². The summed E-state index contributed by atoms with van der Waals surface area (Å²) in [4.78, 5) is 15.9. The topological polar surface area (TPSA) is 93.8 Å². The molecule has 0 fully saturated rings. The molecule has 10 heteroatoms. The van der Waals surface area contributed by atoms with E-state index < -0.39 is 0 Å². The first-order valence-corrected chi connectivity index (χ1v) is 7.86. The highest BCUT2D eigenvalue weighted by molar-refractivity contribution is 8.01. The third kappa shape index (κ3) is 3.95. The Balaban J connectivity index is 1.96. The Hall–Kier alpha value is -1.09. The fraction of sp³-hybridized carbons (Fsp3) is 0.200. The number of nitrogens with zero attached hydrogens (tertiary/aromatic N) is 3. The van der Waals surface area contributed by atoms with Crippen LogP contribution in [0.25, 0.3) is 0 Å². The molecule has 6 nitrogen and oxygen atoms in total. The highest BCUT2D eigenvalue weighted by atomic mass is 35.5. The van der Waals surface area contributed by atoms with Crippen molar-refractivity contribution in [2.45, 2.75) is 11.3 Å². The molecule has 0 bridgehead atoms. The van der Waals surface area contributed by atoms with Gasteiger partial charge in [0.05, 0.1) is 21.5 Å². The molecule has 0 unspecified atom stereocenters. The van der Waals surface area contributed by atoms with Crippen LogP contribution < -0.4 is 11.1 Å². The molecule has 0 atom stereocenters. The van der Waals surface area contributed by atoms with E-state index in [0.717, 1.165) is 0 Å². The summed E-state index contributed by atoms with van der Waals surface area (Å²) in [7, 11) is 0. The summed E-state index contributed by atoms with van der Waals surface area (Å²) in [5.74, 6) is 0.199. The van der Waals surface area contributed by atoms with Gasteiger partial charge in [-0.25, -0.2) is 4.98 Å². The molecule has 0 aliphatic rings. The third-order valence-corrected chi connectivity index (χ3v) is 4.67. The molecule has 0 aliphatic carbocycles. The monoisotopic (exact) mass is 349 g/mol. The van der Waals surface area contributed by atoms with Gasteiger partial charge in [0.25, 0.3) is 0 Å². The van der Waals surface area contributed by atoms with Crippen molar-refractivity contribution < 1.29 is 4.79 Å². The smallest absolute Gasteiger partial charge is 0.236 e. The number of aryl methyl sites for hydroxylation is 1. The van der Waals surface area contributed by atoms with Crippen LogP contribution >= 0.6 is 46.3 Å². The number of anilines is 2. The number of nitrogens with one attached hydrogen (secondary N) is 1. The molecule has 0 saturated carbocycles. The standard InChI is InChI=1S/C10H9Cl2N5OS2/c1-4-5(11)2-6(12)8(14-4)15-7(18)3-19-10-17-16-9(13)20-10/h2H,3H2,1H3,(H2,13,16)(H,14,15,18). The van der Waals surface area contributed by atoms with Crippen LogP contribution in [0.2, 0.25) is 10.0 Å². The number of thioether (sulfide) groups is 1. The summed E-state index contributed by atoms with van der Waals surface area (Å²) in [5.41, 5.74) is 6.04. The van der Waals surface area contributed by atoms with E-state index in [1.807, 2.05) is 0 Å². The van der Waals surface area contributed by atoms with E-state index in [0.29, 0.717) is 25.2 Å². The van der Waals surface area contributed by atoms with Crippen LogP contribution in [0, 0.1) is 6.92 Å². The normalized spacial score (nSPS) is 10.6. The average Bonchev–Trinajstić information content (AvgIpc) is 2.79. The lowest BCUT2D eigenvalue weighted by atomic mass is 10.3. The van der Waals surface area contributed by atoms with E-state index in [-0.39, 0.29) is 17.5 Å². The minimum absolute atomic E-state index is 0.161. The fourth-order valence-electron chi connectivity index (χ4n) is 1.22. The molecular formula is C10H9Cl2N5OS2.